The van der Waals surface area contributed by atoms with E-state index >= 15 is 0 Å². The van der Waals surface area contributed by atoms with Crippen LogP contribution >= 0.6 is 0 Å². The minimum atomic E-state index is 0.203. The highest BCUT2D eigenvalue weighted by Gasteiger charge is 2.34. The summed E-state index contributed by atoms with van der Waals surface area (Å²) in [7, 11) is 1.95. The van der Waals surface area contributed by atoms with Crippen LogP contribution in [0.25, 0.3) is 0 Å². The maximum Gasteiger partial charge on any atom is 0.233 e. The van der Waals surface area contributed by atoms with Gasteiger partial charge in [-0.3, -0.25) is 0 Å². The second-order valence-electron chi connectivity index (χ2n) is 5.99. The molecule has 1 aliphatic heterocycles. The molecule has 2 atom stereocenters. The highest BCUT2D eigenvalue weighted by atomic mass is 16.5. The Labute approximate surface area is 114 Å². The molecule has 1 N–H and O–H groups in total. The van der Waals surface area contributed by atoms with E-state index in [0.717, 1.165) is 24.2 Å². The number of nitrogens with one attached hydrogen (secondary N) is 1. The number of nitrogens with zero attached hydrogens (tertiary/aromatic N) is 2. The van der Waals surface area contributed by atoms with Gasteiger partial charge in [-0.15, -0.1) is 0 Å². The lowest BCUT2D eigenvalue weighted by molar-refractivity contribution is 0.185. The first-order valence-corrected chi connectivity index (χ1v) is 7.36. The average Bonchev–Trinajstić information content (AvgIpc) is 3.07. The van der Waals surface area contributed by atoms with Gasteiger partial charge in [0.15, 0.2) is 5.82 Å². The molecule has 0 amide bonds. The fourth-order valence-electron chi connectivity index (χ4n) is 3.16. The fourth-order valence-corrected chi connectivity index (χ4v) is 3.16. The van der Waals surface area contributed by atoms with Gasteiger partial charge in [0.2, 0.25) is 5.89 Å². The molecular formula is C14H23N3O2. The van der Waals surface area contributed by atoms with Crippen molar-refractivity contribution in [1.82, 2.24) is 15.5 Å². The summed E-state index contributed by atoms with van der Waals surface area (Å²) in [5.41, 5.74) is 0. The standard InChI is InChI=1S/C14H23N3O2/c1-9-3-5-10(6-4-9)13-16-14(19-17-13)11-7-18-8-12(11)15-2/h9-12,15H,3-8H2,1-2H3. The second kappa shape index (κ2) is 5.59. The quantitative estimate of drug-likeness (QED) is 0.906. The Bertz CT molecular complexity index is 413. The Kier molecular flexibility index (Phi) is 3.84. The van der Waals surface area contributed by atoms with Gasteiger partial charge < -0.3 is 14.6 Å². The van der Waals surface area contributed by atoms with Crippen LogP contribution < -0.4 is 5.32 Å². The molecule has 1 saturated carbocycles. The first kappa shape index (κ1) is 13.1. The van der Waals surface area contributed by atoms with E-state index in [1.54, 1.807) is 0 Å². The third-order valence-corrected chi connectivity index (χ3v) is 4.61. The molecule has 0 radical (unpaired) electrons. The van der Waals surface area contributed by atoms with E-state index in [-0.39, 0.29) is 5.92 Å². The van der Waals surface area contributed by atoms with E-state index in [0.29, 0.717) is 18.6 Å². The van der Waals surface area contributed by atoms with Gasteiger partial charge in [-0.2, -0.15) is 4.98 Å². The van der Waals surface area contributed by atoms with Crippen LogP contribution in [0.1, 0.15) is 56.2 Å². The van der Waals surface area contributed by atoms with E-state index in [4.69, 9.17) is 9.26 Å². The highest BCUT2D eigenvalue weighted by molar-refractivity contribution is 5.05. The van der Waals surface area contributed by atoms with Crippen molar-refractivity contribution in [3.8, 4) is 0 Å². The normalized spacial score (nSPS) is 35.7. The lowest BCUT2D eigenvalue weighted by Crippen LogP contribution is -2.31. The monoisotopic (exact) mass is 265 g/mol. The first-order chi connectivity index (χ1) is 9.28. The molecule has 106 valence electrons. The molecule has 2 aliphatic rings. The summed E-state index contributed by atoms with van der Waals surface area (Å²) in [4.78, 5) is 4.64. The molecule has 2 fully saturated rings. The van der Waals surface area contributed by atoms with Gasteiger partial charge in [0, 0.05) is 12.0 Å². The lowest BCUT2D eigenvalue weighted by atomic mass is 9.83. The van der Waals surface area contributed by atoms with Crippen LogP contribution in [-0.4, -0.2) is 36.4 Å². The maximum absolute atomic E-state index is 5.49. The summed E-state index contributed by atoms with van der Waals surface area (Å²) in [6.45, 7) is 3.72. The van der Waals surface area contributed by atoms with Crippen molar-refractivity contribution < 1.29 is 9.26 Å². The smallest absolute Gasteiger partial charge is 0.233 e. The zero-order valence-corrected chi connectivity index (χ0v) is 11.8. The Balaban J connectivity index is 1.69. The molecule has 0 bridgehead atoms. The molecule has 3 rings (SSSR count). The Hall–Kier alpha value is -0.940. The van der Waals surface area contributed by atoms with Crippen LogP contribution in [0.2, 0.25) is 0 Å². The Morgan fingerprint density at radius 1 is 1.16 bits per heavy atom. The van der Waals surface area contributed by atoms with Gasteiger partial charge in [0.25, 0.3) is 0 Å². The van der Waals surface area contributed by atoms with Gasteiger partial charge in [-0.25, -0.2) is 0 Å². The van der Waals surface area contributed by atoms with Crippen molar-refractivity contribution in [3.63, 3.8) is 0 Å². The van der Waals surface area contributed by atoms with E-state index in [2.05, 4.69) is 22.4 Å². The fraction of sp³-hybridized carbons (Fsp3) is 0.857. The van der Waals surface area contributed by atoms with Crippen molar-refractivity contribution >= 4 is 0 Å². The molecule has 19 heavy (non-hydrogen) atoms. The summed E-state index contributed by atoms with van der Waals surface area (Å²) in [6.07, 6.45) is 4.94. The molecule has 1 aliphatic carbocycles. The molecule has 1 aromatic heterocycles. The molecule has 0 spiro atoms. The highest BCUT2D eigenvalue weighted by Crippen LogP contribution is 2.35. The van der Waals surface area contributed by atoms with Crippen LogP contribution in [0.4, 0.5) is 0 Å². The topological polar surface area (TPSA) is 60.2 Å². The number of hydrogen-bond acceptors (Lipinski definition) is 5. The van der Waals surface area contributed by atoms with Crippen molar-refractivity contribution in [2.45, 2.75) is 50.5 Å². The molecule has 1 aromatic rings. The largest absolute Gasteiger partial charge is 0.379 e. The molecule has 5 heteroatoms. The van der Waals surface area contributed by atoms with Gasteiger partial charge in [-0.05, 0) is 25.8 Å². The van der Waals surface area contributed by atoms with Crippen LogP contribution in [0.15, 0.2) is 4.52 Å². The van der Waals surface area contributed by atoms with Crippen molar-refractivity contribution in [2.24, 2.45) is 5.92 Å². The summed E-state index contributed by atoms with van der Waals surface area (Å²) >= 11 is 0. The molecular weight excluding hydrogens is 242 g/mol. The molecule has 1 saturated heterocycles. The van der Waals surface area contributed by atoms with E-state index in [1.165, 1.54) is 25.7 Å². The van der Waals surface area contributed by atoms with Crippen molar-refractivity contribution in [2.75, 3.05) is 20.3 Å². The maximum atomic E-state index is 5.49. The molecule has 0 aromatic carbocycles. The number of aromatic nitrogens is 2. The van der Waals surface area contributed by atoms with Crippen LogP contribution in [0.5, 0.6) is 0 Å². The van der Waals surface area contributed by atoms with Crippen LogP contribution in [0, 0.1) is 5.92 Å². The summed E-state index contributed by atoms with van der Waals surface area (Å²) in [5.74, 6) is 3.19. The predicted molar refractivity (Wildman–Crippen MR) is 71.1 cm³/mol. The molecule has 5 nitrogen and oxygen atoms in total. The number of hydrogen-bond donors (Lipinski definition) is 1. The van der Waals surface area contributed by atoms with Crippen LogP contribution in [-0.2, 0) is 4.74 Å². The Morgan fingerprint density at radius 2 is 1.95 bits per heavy atom. The van der Waals surface area contributed by atoms with Crippen molar-refractivity contribution in [1.29, 1.82) is 0 Å². The Morgan fingerprint density at radius 3 is 2.68 bits per heavy atom. The van der Waals surface area contributed by atoms with Crippen molar-refractivity contribution in [3.05, 3.63) is 11.7 Å². The van der Waals surface area contributed by atoms with E-state index in [9.17, 15) is 0 Å². The zero-order valence-electron chi connectivity index (χ0n) is 11.8. The van der Waals surface area contributed by atoms with E-state index in [1.807, 2.05) is 7.05 Å². The van der Waals surface area contributed by atoms with Gasteiger partial charge >= 0.3 is 0 Å². The third-order valence-electron chi connectivity index (χ3n) is 4.61. The lowest BCUT2D eigenvalue weighted by Gasteiger charge is -2.23. The first-order valence-electron chi connectivity index (χ1n) is 7.36. The van der Waals surface area contributed by atoms with E-state index < -0.39 is 0 Å². The third kappa shape index (κ3) is 2.67. The number of likely N-dealkylation sites (N-methyl/N-ethyl adjacent to an activating group) is 1. The predicted octanol–water partition coefficient (Wildman–Crippen LogP) is 2.07. The zero-order chi connectivity index (χ0) is 13.2. The minimum Gasteiger partial charge on any atom is -0.379 e. The van der Waals surface area contributed by atoms with Gasteiger partial charge in [0.1, 0.15) is 0 Å². The second-order valence-corrected chi connectivity index (χ2v) is 5.99. The summed E-state index contributed by atoms with van der Waals surface area (Å²) in [6, 6.07) is 0.291. The summed E-state index contributed by atoms with van der Waals surface area (Å²) < 4.78 is 11.0. The van der Waals surface area contributed by atoms with Gasteiger partial charge in [-0.1, -0.05) is 24.9 Å². The SMILES string of the molecule is CNC1COCC1c1nc(C2CCC(C)CC2)no1. The van der Waals surface area contributed by atoms with Crippen LogP contribution in [0.3, 0.4) is 0 Å². The number of ether oxygens (including phenoxy) is 1. The molecule has 2 unspecified atom stereocenters. The summed E-state index contributed by atoms with van der Waals surface area (Å²) in [5, 5.41) is 7.46. The number of rotatable bonds is 3. The van der Waals surface area contributed by atoms with Gasteiger partial charge in [0.05, 0.1) is 19.1 Å². The average molecular weight is 265 g/mol. The molecule has 2 heterocycles. The minimum absolute atomic E-state index is 0.203.